The zero-order valence-corrected chi connectivity index (χ0v) is 18.5. The van der Waals surface area contributed by atoms with E-state index in [1.165, 1.54) is 0 Å². The maximum absolute atomic E-state index is 12.6. The Balaban J connectivity index is 2.04. The fourth-order valence-corrected chi connectivity index (χ4v) is 3.55. The number of hydrogen-bond acceptors (Lipinski definition) is 5. The Bertz CT molecular complexity index is 710. The Morgan fingerprint density at radius 2 is 1.93 bits per heavy atom. The summed E-state index contributed by atoms with van der Waals surface area (Å²) in [5, 5.41) is 3.35. The minimum absolute atomic E-state index is 0.0170. The number of anilines is 2. The average Bonchev–Trinajstić information content (AvgIpc) is 2.66. The van der Waals surface area contributed by atoms with Gasteiger partial charge in [0.2, 0.25) is 0 Å². The van der Waals surface area contributed by atoms with Crippen molar-refractivity contribution in [1.82, 2.24) is 9.80 Å². The van der Waals surface area contributed by atoms with Gasteiger partial charge in [-0.15, -0.1) is 0 Å². The lowest BCUT2D eigenvalue weighted by Crippen LogP contribution is -2.48. The number of amides is 2. The van der Waals surface area contributed by atoms with Crippen LogP contribution in [0.2, 0.25) is 0 Å². The topological polar surface area (TPSA) is 87.9 Å². The molecule has 162 valence electrons. The summed E-state index contributed by atoms with van der Waals surface area (Å²) in [6, 6.07) is 5.41. The van der Waals surface area contributed by atoms with Crippen molar-refractivity contribution in [3.05, 3.63) is 23.8 Å². The Hall–Kier alpha value is -2.44. The van der Waals surface area contributed by atoms with E-state index in [2.05, 4.69) is 5.32 Å². The molecule has 1 aliphatic rings. The molecule has 7 heteroatoms. The first-order valence-corrected chi connectivity index (χ1v) is 10.6. The van der Waals surface area contributed by atoms with Crippen LogP contribution in [-0.4, -0.2) is 59.6 Å². The van der Waals surface area contributed by atoms with Gasteiger partial charge in [-0.2, -0.15) is 0 Å². The van der Waals surface area contributed by atoms with Crippen molar-refractivity contribution in [1.29, 1.82) is 0 Å². The smallest absolute Gasteiger partial charge is 0.410 e. The Labute approximate surface area is 174 Å². The Morgan fingerprint density at radius 1 is 1.24 bits per heavy atom. The number of carbonyl (C=O) groups is 2. The summed E-state index contributed by atoms with van der Waals surface area (Å²) in [7, 11) is 0. The van der Waals surface area contributed by atoms with Gasteiger partial charge in [-0.1, -0.05) is 0 Å². The van der Waals surface area contributed by atoms with Crippen molar-refractivity contribution in [2.24, 2.45) is 0 Å². The highest BCUT2D eigenvalue weighted by Gasteiger charge is 2.30. The van der Waals surface area contributed by atoms with Gasteiger partial charge >= 0.3 is 6.09 Å². The molecular weight excluding hydrogens is 368 g/mol. The SMILES string of the molecule is CCN(CC)C(=O)c1ccc(NC[C@H]2CCCCN2C(=O)OC(C)(C)C)c(N)c1. The monoisotopic (exact) mass is 404 g/mol. The number of nitrogens with zero attached hydrogens (tertiary/aromatic N) is 2. The van der Waals surface area contributed by atoms with Gasteiger partial charge in [0.1, 0.15) is 5.60 Å². The van der Waals surface area contributed by atoms with Crippen LogP contribution in [0.25, 0.3) is 0 Å². The summed E-state index contributed by atoms with van der Waals surface area (Å²) in [5.74, 6) is -0.0170. The van der Waals surface area contributed by atoms with Crippen LogP contribution < -0.4 is 11.1 Å². The molecule has 3 N–H and O–H groups in total. The van der Waals surface area contributed by atoms with Crippen LogP contribution in [0, 0.1) is 0 Å². The molecule has 1 aliphatic heterocycles. The third-order valence-corrected chi connectivity index (χ3v) is 5.13. The molecule has 1 fully saturated rings. The first-order chi connectivity index (χ1) is 13.7. The molecule has 2 rings (SSSR count). The molecule has 0 aromatic heterocycles. The van der Waals surface area contributed by atoms with Gasteiger partial charge in [0.15, 0.2) is 0 Å². The maximum Gasteiger partial charge on any atom is 0.410 e. The number of hydrogen-bond donors (Lipinski definition) is 2. The van der Waals surface area contributed by atoms with E-state index in [0.717, 1.165) is 24.9 Å². The zero-order chi connectivity index (χ0) is 21.6. The van der Waals surface area contributed by atoms with E-state index in [1.807, 2.05) is 45.6 Å². The lowest BCUT2D eigenvalue weighted by molar-refractivity contribution is 0.0114. The molecule has 0 saturated carbocycles. The molecule has 0 bridgehead atoms. The predicted octanol–water partition coefficient (Wildman–Crippen LogP) is 3.95. The molecule has 1 saturated heterocycles. The fraction of sp³-hybridized carbons (Fsp3) is 0.636. The number of ether oxygens (including phenoxy) is 1. The predicted molar refractivity (Wildman–Crippen MR) is 117 cm³/mol. The minimum atomic E-state index is -0.510. The van der Waals surface area contributed by atoms with E-state index in [4.69, 9.17) is 10.5 Å². The van der Waals surface area contributed by atoms with E-state index in [9.17, 15) is 9.59 Å². The van der Waals surface area contributed by atoms with Crippen molar-refractivity contribution in [3.8, 4) is 0 Å². The van der Waals surface area contributed by atoms with Gasteiger partial charge in [0.05, 0.1) is 17.4 Å². The molecular formula is C22H36N4O3. The lowest BCUT2D eigenvalue weighted by atomic mass is 10.0. The summed E-state index contributed by atoms with van der Waals surface area (Å²) in [6.07, 6.45) is 2.72. The van der Waals surface area contributed by atoms with Gasteiger partial charge in [-0.25, -0.2) is 4.79 Å². The van der Waals surface area contributed by atoms with Crippen LogP contribution in [0.15, 0.2) is 18.2 Å². The standard InChI is InChI=1S/C22H36N4O3/c1-6-25(7-2)20(27)16-11-12-19(18(23)14-16)24-15-17-10-8-9-13-26(17)21(28)29-22(3,4)5/h11-12,14,17,24H,6-10,13,15,23H2,1-5H3/t17-/m1/s1. The van der Waals surface area contributed by atoms with Crippen molar-refractivity contribution in [2.75, 3.05) is 37.2 Å². The van der Waals surface area contributed by atoms with E-state index >= 15 is 0 Å². The molecule has 0 aliphatic carbocycles. The Kier molecular flexibility index (Phi) is 7.76. The van der Waals surface area contributed by atoms with E-state index in [-0.39, 0.29) is 18.0 Å². The second-order valence-electron chi connectivity index (χ2n) is 8.48. The van der Waals surface area contributed by atoms with Crippen LogP contribution in [-0.2, 0) is 4.74 Å². The number of nitrogens with one attached hydrogen (secondary N) is 1. The maximum atomic E-state index is 12.6. The quantitative estimate of drug-likeness (QED) is 0.701. The average molecular weight is 405 g/mol. The molecule has 7 nitrogen and oxygen atoms in total. The fourth-order valence-electron chi connectivity index (χ4n) is 3.55. The second-order valence-corrected chi connectivity index (χ2v) is 8.48. The van der Waals surface area contributed by atoms with Crippen LogP contribution in [0.4, 0.5) is 16.2 Å². The van der Waals surface area contributed by atoms with Crippen molar-refractivity contribution in [3.63, 3.8) is 0 Å². The molecule has 0 unspecified atom stereocenters. The van der Waals surface area contributed by atoms with Gasteiger partial charge in [-0.3, -0.25) is 4.79 Å². The highest BCUT2D eigenvalue weighted by atomic mass is 16.6. The molecule has 0 spiro atoms. The number of likely N-dealkylation sites (tertiary alicyclic amines) is 1. The highest BCUT2D eigenvalue weighted by molar-refractivity contribution is 5.96. The lowest BCUT2D eigenvalue weighted by Gasteiger charge is -2.37. The van der Waals surface area contributed by atoms with Gasteiger partial charge < -0.3 is 25.6 Å². The molecule has 1 aromatic carbocycles. The van der Waals surface area contributed by atoms with Crippen molar-refractivity contribution in [2.45, 2.75) is 65.5 Å². The van der Waals surface area contributed by atoms with Crippen LogP contribution in [0.5, 0.6) is 0 Å². The van der Waals surface area contributed by atoms with E-state index < -0.39 is 5.60 Å². The summed E-state index contributed by atoms with van der Waals surface area (Å²) in [6.45, 7) is 12.2. The molecule has 2 amide bonds. The number of nitrogen functional groups attached to an aromatic ring is 1. The number of rotatable bonds is 6. The summed E-state index contributed by atoms with van der Waals surface area (Å²) in [5.41, 5.74) is 7.58. The molecule has 1 heterocycles. The van der Waals surface area contributed by atoms with Crippen molar-refractivity contribution >= 4 is 23.4 Å². The molecule has 29 heavy (non-hydrogen) atoms. The molecule has 0 radical (unpaired) electrons. The minimum Gasteiger partial charge on any atom is -0.444 e. The van der Waals surface area contributed by atoms with Crippen LogP contribution in [0.3, 0.4) is 0 Å². The number of carbonyl (C=O) groups excluding carboxylic acids is 2. The molecule has 1 atom stereocenters. The highest BCUT2D eigenvalue weighted by Crippen LogP contribution is 2.24. The van der Waals surface area contributed by atoms with E-state index in [1.54, 1.807) is 17.0 Å². The first-order valence-electron chi connectivity index (χ1n) is 10.6. The second kappa shape index (κ2) is 9.85. The summed E-state index contributed by atoms with van der Waals surface area (Å²) < 4.78 is 5.56. The van der Waals surface area contributed by atoms with Crippen molar-refractivity contribution < 1.29 is 14.3 Å². The van der Waals surface area contributed by atoms with Gasteiger partial charge in [0.25, 0.3) is 5.91 Å². The van der Waals surface area contributed by atoms with Crippen LogP contribution >= 0.6 is 0 Å². The van der Waals surface area contributed by atoms with Gasteiger partial charge in [-0.05, 0) is 72.1 Å². The van der Waals surface area contributed by atoms with E-state index in [0.29, 0.717) is 37.4 Å². The summed E-state index contributed by atoms with van der Waals surface area (Å²) >= 11 is 0. The molecule has 1 aromatic rings. The first kappa shape index (κ1) is 22.8. The third kappa shape index (κ3) is 6.27. The zero-order valence-electron chi connectivity index (χ0n) is 18.5. The largest absolute Gasteiger partial charge is 0.444 e. The number of nitrogens with two attached hydrogens (primary N) is 1. The number of piperidine rings is 1. The Morgan fingerprint density at radius 3 is 2.52 bits per heavy atom. The van der Waals surface area contributed by atoms with Gasteiger partial charge in [0, 0.05) is 31.7 Å². The third-order valence-electron chi connectivity index (χ3n) is 5.13. The number of benzene rings is 1. The summed E-state index contributed by atoms with van der Waals surface area (Å²) in [4.78, 5) is 28.6. The normalized spacial score (nSPS) is 17.0. The van der Waals surface area contributed by atoms with Crippen LogP contribution in [0.1, 0.15) is 64.2 Å².